The van der Waals surface area contributed by atoms with Gasteiger partial charge < -0.3 is 10.5 Å². The van der Waals surface area contributed by atoms with Crippen LogP contribution in [-0.4, -0.2) is 46.9 Å². The Kier molecular flexibility index (Phi) is 4.45. The van der Waals surface area contributed by atoms with Gasteiger partial charge in [-0.05, 0) is 26.0 Å². The fourth-order valence-corrected chi connectivity index (χ4v) is 3.25. The number of benzene rings is 1. The molecule has 1 aliphatic heterocycles. The number of carbonyl (C=O) groups excluding carboxylic acids is 1. The van der Waals surface area contributed by atoms with Gasteiger partial charge in [0, 0.05) is 17.8 Å². The smallest absolute Gasteiger partial charge is 0.231 e. The molecule has 2 aromatic rings. The molecule has 23 heavy (non-hydrogen) atoms. The van der Waals surface area contributed by atoms with Gasteiger partial charge in [-0.2, -0.15) is 5.10 Å². The fraction of sp³-hybridized carbons (Fsp3) is 0.412. The van der Waals surface area contributed by atoms with Crippen LogP contribution in [-0.2, 0) is 9.53 Å². The number of hydrogen-bond donors (Lipinski definition) is 1. The van der Waals surface area contributed by atoms with Crippen LogP contribution in [0.25, 0.3) is 5.69 Å². The summed E-state index contributed by atoms with van der Waals surface area (Å²) in [5.41, 5.74) is 9.56. The minimum Gasteiger partial charge on any atom is -0.378 e. The summed E-state index contributed by atoms with van der Waals surface area (Å²) in [6.45, 7) is 6.16. The SMILES string of the molecule is Cc1nn(-c2ccccc2)c(C)c1[C@@H]1COCCN1CC(N)=O. The second-order valence-electron chi connectivity index (χ2n) is 5.86. The predicted octanol–water partition coefficient (Wildman–Crippen LogP) is 1.35. The number of primary amides is 1. The molecule has 1 fully saturated rings. The average Bonchev–Trinajstić information content (AvgIpc) is 2.83. The second-order valence-corrected chi connectivity index (χ2v) is 5.86. The van der Waals surface area contributed by atoms with E-state index in [0.717, 1.165) is 22.6 Å². The summed E-state index contributed by atoms with van der Waals surface area (Å²) in [6, 6.07) is 10.0. The summed E-state index contributed by atoms with van der Waals surface area (Å²) in [5.74, 6) is -0.317. The van der Waals surface area contributed by atoms with Gasteiger partial charge >= 0.3 is 0 Å². The van der Waals surface area contributed by atoms with Gasteiger partial charge in [0.15, 0.2) is 0 Å². The summed E-state index contributed by atoms with van der Waals surface area (Å²) < 4.78 is 7.59. The Morgan fingerprint density at radius 2 is 2.09 bits per heavy atom. The molecule has 1 aliphatic rings. The highest BCUT2D eigenvalue weighted by molar-refractivity contribution is 5.76. The maximum atomic E-state index is 11.4. The van der Waals surface area contributed by atoms with Crippen LogP contribution in [0, 0.1) is 13.8 Å². The summed E-state index contributed by atoms with van der Waals surface area (Å²) in [5, 5.41) is 4.69. The first-order valence-corrected chi connectivity index (χ1v) is 7.79. The van der Waals surface area contributed by atoms with Crippen molar-refractivity contribution < 1.29 is 9.53 Å². The third-order valence-electron chi connectivity index (χ3n) is 4.28. The number of morpholine rings is 1. The fourth-order valence-electron chi connectivity index (χ4n) is 3.25. The van der Waals surface area contributed by atoms with E-state index in [-0.39, 0.29) is 18.5 Å². The van der Waals surface area contributed by atoms with Gasteiger partial charge in [-0.15, -0.1) is 0 Å². The molecule has 0 aliphatic carbocycles. The van der Waals surface area contributed by atoms with Crippen molar-refractivity contribution in [2.24, 2.45) is 5.73 Å². The lowest BCUT2D eigenvalue weighted by molar-refractivity contribution is -0.121. The Morgan fingerprint density at radius 3 is 2.78 bits per heavy atom. The Balaban J connectivity index is 1.99. The van der Waals surface area contributed by atoms with Crippen LogP contribution < -0.4 is 5.73 Å². The van der Waals surface area contributed by atoms with E-state index in [1.165, 1.54) is 0 Å². The van der Waals surface area contributed by atoms with Crippen LogP contribution in [0.1, 0.15) is 23.0 Å². The van der Waals surface area contributed by atoms with Gasteiger partial charge in [0.25, 0.3) is 0 Å². The van der Waals surface area contributed by atoms with E-state index in [1.54, 1.807) is 0 Å². The maximum Gasteiger partial charge on any atom is 0.231 e. The minimum atomic E-state index is -0.317. The van der Waals surface area contributed by atoms with Crippen LogP contribution in [0.3, 0.4) is 0 Å². The number of amides is 1. The first-order chi connectivity index (χ1) is 11.1. The normalized spacial score (nSPS) is 19.0. The molecular formula is C17H22N4O2. The van der Waals surface area contributed by atoms with E-state index < -0.39 is 0 Å². The highest BCUT2D eigenvalue weighted by atomic mass is 16.5. The van der Waals surface area contributed by atoms with Gasteiger partial charge in [0.2, 0.25) is 5.91 Å². The van der Waals surface area contributed by atoms with Crippen LogP contribution in [0.4, 0.5) is 0 Å². The van der Waals surface area contributed by atoms with E-state index in [0.29, 0.717) is 19.8 Å². The number of nitrogens with two attached hydrogens (primary N) is 1. The average molecular weight is 314 g/mol. The zero-order chi connectivity index (χ0) is 16.4. The molecule has 0 saturated carbocycles. The van der Waals surface area contributed by atoms with E-state index in [2.05, 4.69) is 16.9 Å². The molecule has 1 atom stereocenters. The topological polar surface area (TPSA) is 73.4 Å². The second kappa shape index (κ2) is 6.52. The molecule has 0 bridgehead atoms. The molecule has 0 unspecified atom stereocenters. The number of para-hydroxylation sites is 1. The number of rotatable bonds is 4. The van der Waals surface area contributed by atoms with Crippen molar-refractivity contribution in [3.63, 3.8) is 0 Å². The highest BCUT2D eigenvalue weighted by Crippen LogP contribution is 2.30. The van der Waals surface area contributed by atoms with Crippen LogP contribution in [0.15, 0.2) is 30.3 Å². The number of aromatic nitrogens is 2. The minimum absolute atomic E-state index is 0.00807. The van der Waals surface area contributed by atoms with Crippen molar-refractivity contribution in [2.75, 3.05) is 26.3 Å². The van der Waals surface area contributed by atoms with Crippen molar-refractivity contribution in [1.29, 1.82) is 0 Å². The number of nitrogens with zero attached hydrogens (tertiary/aromatic N) is 3. The molecule has 0 spiro atoms. The molecule has 1 aromatic heterocycles. The molecular weight excluding hydrogens is 292 g/mol. The third kappa shape index (κ3) is 3.13. The molecule has 3 rings (SSSR count). The highest BCUT2D eigenvalue weighted by Gasteiger charge is 2.30. The number of carbonyl (C=O) groups is 1. The lowest BCUT2D eigenvalue weighted by Gasteiger charge is -2.35. The molecule has 1 amide bonds. The monoisotopic (exact) mass is 314 g/mol. The Bertz CT molecular complexity index is 696. The standard InChI is InChI=1S/C17H22N4O2/c1-12-17(15-11-23-9-8-20(15)10-16(18)22)13(2)21(19-12)14-6-4-3-5-7-14/h3-7,15H,8-11H2,1-2H3,(H2,18,22)/t15-/m0/s1. The molecule has 1 aromatic carbocycles. The number of aryl methyl sites for hydroxylation is 1. The zero-order valence-electron chi connectivity index (χ0n) is 13.5. The van der Waals surface area contributed by atoms with E-state index >= 15 is 0 Å². The maximum absolute atomic E-state index is 11.4. The summed E-state index contributed by atoms with van der Waals surface area (Å²) in [4.78, 5) is 13.4. The molecule has 2 N–H and O–H groups in total. The van der Waals surface area contributed by atoms with Crippen molar-refractivity contribution in [3.8, 4) is 5.69 Å². The van der Waals surface area contributed by atoms with E-state index in [9.17, 15) is 4.79 Å². The van der Waals surface area contributed by atoms with Crippen molar-refractivity contribution in [2.45, 2.75) is 19.9 Å². The quantitative estimate of drug-likeness (QED) is 0.924. The van der Waals surface area contributed by atoms with Crippen molar-refractivity contribution in [1.82, 2.24) is 14.7 Å². The first kappa shape index (κ1) is 15.7. The van der Waals surface area contributed by atoms with Crippen LogP contribution >= 0.6 is 0 Å². The Labute approximate surface area is 135 Å². The molecule has 1 saturated heterocycles. The molecule has 122 valence electrons. The first-order valence-electron chi connectivity index (χ1n) is 7.79. The van der Waals surface area contributed by atoms with Crippen molar-refractivity contribution >= 4 is 5.91 Å². The molecule has 0 radical (unpaired) electrons. The lowest BCUT2D eigenvalue weighted by atomic mass is 10.0. The Morgan fingerprint density at radius 1 is 1.35 bits per heavy atom. The van der Waals surface area contributed by atoms with Gasteiger partial charge in [0.05, 0.1) is 37.2 Å². The third-order valence-corrected chi connectivity index (χ3v) is 4.28. The summed E-state index contributed by atoms with van der Waals surface area (Å²) in [6.07, 6.45) is 0. The number of hydrogen-bond acceptors (Lipinski definition) is 4. The van der Waals surface area contributed by atoms with Crippen molar-refractivity contribution in [3.05, 3.63) is 47.3 Å². The Hall–Kier alpha value is -2.18. The van der Waals surface area contributed by atoms with Gasteiger partial charge in [-0.1, -0.05) is 18.2 Å². The predicted molar refractivity (Wildman–Crippen MR) is 87.4 cm³/mol. The summed E-state index contributed by atoms with van der Waals surface area (Å²) >= 11 is 0. The van der Waals surface area contributed by atoms with Crippen LogP contribution in [0.2, 0.25) is 0 Å². The van der Waals surface area contributed by atoms with Gasteiger partial charge in [-0.25, -0.2) is 4.68 Å². The molecule has 6 nitrogen and oxygen atoms in total. The zero-order valence-corrected chi connectivity index (χ0v) is 13.5. The van der Waals surface area contributed by atoms with Gasteiger partial charge in [-0.3, -0.25) is 9.69 Å². The lowest BCUT2D eigenvalue weighted by Crippen LogP contribution is -2.44. The van der Waals surface area contributed by atoms with E-state index in [4.69, 9.17) is 10.5 Å². The van der Waals surface area contributed by atoms with Crippen LogP contribution in [0.5, 0.6) is 0 Å². The van der Waals surface area contributed by atoms with Gasteiger partial charge in [0.1, 0.15) is 0 Å². The largest absolute Gasteiger partial charge is 0.378 e. The summed E-state index contributed by atoms with van der Waals surface area (Å²) in [7, 11) is 0. The molecule has 6 heteroatoms. The molecule has 2 heterocycles. The number of ether oxygens (including phenoxy) is 1. The van der Waals surface area contributed by atoms with E-state index in [1.807, 2.05) is 41.9 Å².